The number of anilines is 1. The van der Waals surface area contributed by atoms with Crippen molar-refractivity contribution in [3.05, 3.63) is 87.4 Å². The van der Waals surface area contributed by atoms with Gasteiger partial charge in [0.15, 0.2) is 11.5 Å². The summed E-state index contributed by atoms with van der Waals surface area (Å²) in [6.45, 7) is 3.67. The van der Waals surface area contributed by atoms with Crippen LogP contribution in [0.3, 0.4) is 0 Å². The molecule has 0 heterocycles. The van der Waals surface area contributed by atoms with Crippen LogP contribution in [0.4, 0.5) is 5.69 Å². The maximum Gasteiger partial charge on any atom is 0.175 e. The molecule has 5 heteroatoms. The fraction of sp³-hybridized carbons (Fsp3) is 0.182. The molecule has 0 saturated heterocycles. The molecule has 140 valence electrons. The summed E-state index contributed by atoms with van der Waals surface area (Å²) >= 11 is 9.67. The van der Waals surface area contributed by atoms with Gasteiger partial charge in [-0.05, 0) is 64.3 Å². The van der Waals surface area contributed by atoms with E-state index in [0.29, 0.717) is 30.5 Å². The van der Waals surface area contributed by atoms with Gasteiger partial charge < -0.3 is 14.8 Å². The van der Waals surface area contributed by atoms with Crippen molar-refractivity contribution in [2.45, 2.75) is 20.1 Å². The molecule has 0 aliphatic carbocycles. The lowest BCUT2D eigenvalue weighted by Gasteiger charge is -2.16. The van der Waals surface area contributed by atoms with Crippen LogP contribution in [-0.4, -0.2) is 6.61 Å². The fourth-order valence-electron chi connectivity index (χ4n) is 2.66. The first-order chi connectivity index (χ1) is 13.2. The van der Waals surface area contributed by atoms with Crippen LogP contribution in [0.5, 0.6) is 11.5 Å². The molecule has 0 aliphatic heterocycles. The molecule has 3 nitrogen and oxygen atoms in total. The maximum absolute atomic E-state index is 6.04. The van der Waals surface area contributed by atoms with E-state index in [9.17, 15) is 0 Å². The Balaban J connectivity index is 1.74. The lowest BCUT2D eigenvalue weighted by Crippen LogP contribution is -2.04. The molecule has 0 atom stereocenters. The molecule has 3 rings (SSSR count). The van der Waals surface area contributed by atoms with Gasteiger partial charge in [-0.3, -0.25) is 0 Å². The molecule has 3 aromatic carbocycles. The van der Waals surface area contributed by atoms with E-state index >= 15 is 0 Å². The number of nitrogens with one attached hydrogen (secondary N) is 1. The number of hydrogen-bond acceptors (Lipinski definition) is 3. The third kappa shape index (κ3) is 5.65. The summed E-state index contributed by atoms with van der Waals surface area (Å²) in [5.74, 6) is 1.44. The van der Waals surface area contributed by atoms with Crippen LogP contribution in [0.15, 0.2) is 71.2 Å². The summed E-state index contributed by atoms with van der Waals surface area (Å²) in [7, 11) is 0. The minimum Gasteiger partial charge on any atom is -0.490 e. The first-order valence-electron chi connectivity index (χ1n) is 8.77. The zero-order valence-corrected chi connectivity index (χ0v) is 17.4. The highest BCUT2D eigenvalue weighted by atomic mass is 79.9. The first kappa shape index (κ1) is 19.6. The second-order valence-electron chi connectivity index (χ2n) is 5.98. The van der Waals surface area contributed by atoms with Crippen LogP contribution >= 0.6 is 27.5 Å². The van der Waals surface area contributed by atoms with Crippen molar-refractivity contribution in [3.8, 4) is 11.5 Å². The molecular formula is C22H21BrClNO2. The molecule has 27 heavy (non-hydrogen) atoms. The van der Waals surface area contributed by atoms with Crippen molar-refractivity contribution in [1.29, 1.82) is 0 Å². The monoisotopic (exact) mass is 445 g/mol. The van der Waals surface area contributed by atoms with Gasteiger partial charge in [-0.15, -0.1) is 0 Å². The smallest absolute Gasteiger partial charge is 0.175 e. The van der Waals surface area contributed by atoms with Crippen LogP contribution in [0.1, 0.15) is 18.1 Å². The Bertz CT molecular complexity index is 887. The molecule has 0 radical (unpaired) electrons. The largest absolute Gasteiger partial charge is 0.490 e. The van der Waals surface area contributed by atoms with Gasteiger partial charge in [-0.25, -0.2) is 0 Å². The average molecular weight is 447 g/mol. The summed E-state index contributed by atoms with van der Waals surface area (Å²) < 4.78 is 12.7. The zero-order valence-electron chi connectivity index (χ0n) is 15.0. The van der Waals surface area contributed by atoms with E-state index in [2.05, 4.69) is 21.2 Å². The topological polar surface area (TPSA) is 30.5 Å². The van der Waals surface area contributed by atoms with Gasteiger partial charge >= 0.3 is 0 Å². The minimum absolute atomic E-state index is 0.486. The van der Waals surface area contributed by atoms with Gasteiger partial charge in [-0.2, -0.15) is 0 Å². The zero-order chi connectivity index (χ0) is 19.1. The van der Waals surface area contributed by atoms with Crippen molar-refractivity contribution in [3.63, 3.8) is 0 Å². The standard InChI is InChI=1S/C22H21BrClNO2/c1-2-26-21-12-17(14-25-19-10-6-9-18(24)13-19)11-20(23)22(21)27-15-16-7-4-3-5-8-16/h3-13,25H,2,14-15H2,1H3. The second-order valence-corrected chi connectivity index (χ2v) is 7.27. The Kier molecular flexibility index (Phi) is 7.02. The Morgan fingerprint density at radius 2 is 1.74 bits per heavy atom. The normalized spacial score (nSPS) is 10.5. The van der Waals surface area contributed by atoms with Crippen molar-refractivity contribution in [1.82, 2.24) is 0 Å². The van der Waals surface area contributed by atoms with Crippen molar-refractivity contribution in [2.75, 3.05) is 11.9 Å². The third-order valence-electron chi connectivity index (χ3n) is 3.92. The molecule has 0 aromatic heterocycles. The summed E-state index contributed by atoms with van der Waals surface area (Å²) in [6.07, 6.45) is 0. The maximum atomic E-state index is 6.04. The second kappa shape index (κ2) is 9.67. The van der Waals surface area contributed by atoms with Crippen molar-refractivity contribution >= 4 is 33.2 Å². The highest BCUT2D eigenvalue weighted by molar-refractivity contribution is 9.10. The van der Waals surface area contributed by atoms with Gasteiger partial charge in [0.1, 0.15) is 6.61 Å². The summed E-state index contributed by atoms with van der Waals surface area (Å²) in [5.41, 5.74) is 3.16. The van der Waals surface area contributed by atoms with E-state index < -0.39 is 0 Å². The van der Waals surface area contributed by atoms with E-state index in [4.69, 9.17) is 21.1 Å². The minimum atomic E-state index is 0.486. The summed E-state index contributed by atoms with van der Waals surface area (Å²) in [6, 6.07) is 21.8. The van der Waals surface area contributed by atoms with Gasteiger partial charge in [0, 0.05) is 17.3 Å². The quantitative estimate of drug-likeness (QED) is 0.418. The summed E-state index contributed by atoms with van der Waals surface area (Å²) in [5, 5.41) is 4.08. The third-order valence-corrected chi connectivity index (χ3v) is 4.74. The van der Waals surface area contributed by atoms with Crippen molar-refractivity contribution < 1.29 is 9.47 Å². The van der Waals surface area contributed by atoms with E-state index in [-0.39, 0.29) is 0 Å². The Hall–Kier alpha value is -2.17. The van der Waals surface area contributed by atoms with Crippen LogP contribution in [-0.2, 0) is 13.2 Å². The van der Waals surface area contributed by atoms with E-state index in [1.807, 2.05) is 73.7 Å². The van der Waals surface area contributed by atoms with E-state index in [1.54, 1.807) is 0 Å². The number of rotatable bonds is 8. The number of benzene rings is 3. The van der Waals surface area contributed by atoms with Crippen molar-refractivity contribution in [2.24, 2.45) is 0 Å². The lowest BCUT2D eigenvalue weighted by atomic mass is 10.2. The molecule has 0 bridgehead atoms. The summed E-state index contributed by atoms with van der Waals surface area (Å²) in [4.78, 5) is 0. The number of halogens is 2. The lowest BCUT2D eigenvalue weighted by molar-refractivity contribution is 0.267. The van der Waals surface area contributed by atoms with Crippen LogP contribution in [0, 0.1) is 0 Å². The van der Waals surface area contributed by atoms with Gasteiger partial charge in [-0.1, -0.05) is 48.0 Å². The Morgan fingerprint density at radius 1 is 0.926 bits per heavy atom. The average Bonchev–Trinajstić information content (AvgIpc) is 2.67. The molecule has 0 unspecified atom stereocenters. The highest BCUT2D eigenvalue weighted by Gasteiger charge is 2.13. The predicted molar refractivity (Wildman–Crippen MR) is 115 cm³/mol. The molecule has 0 fully saturated rings. The van der Waals surface area contributed by atoms with E-state index in [1.165, 1.54) is 0 Å². The molecule has 0 aliphatic rings. The predicted octanol–water partition coefficient (Wildman–Crippen LogP) is 6.69. The molecule has 3 aromatic rings. The van der Waals surface area contributed by atoms with Gasteiger partial charge in [0.25, 0.3) is 0 Å². The van der Waals surface area contributed by atoms with E-state index in [0.717, 1.165) is 27.0 Å². The van der Waals surface area contributed by atoms with Crippen LogP contribution in [0.25, 0.3) is 0 Å². The SMILES string of the molecule is CCOc1cc(CNc2cccc(Cl)c2)cc(Br)c1OCc1ccccc1. The highest BCUT2D eigenvalue weighted by Crippen LogP contribution is 2.37. The number of ether oxygens (including phenoxy) is 2. The molecule has 0 saturated carbocycles. The number of hydrogen-bond donors (Lipinski definition) is 1. The van der Waals surface area contributed by atoms with Gasteiger partial charge in [0.05, 0.1) is 11.1 Å². The Morgan fingerprint density at radius 3 is 2.48 bits per heavy atom. The first-order valence-corrected chi connectivity index (χ1v) is 9.94. The fourth-order valence-corrected chi connectivity index (χ4v) is 3.45. The van der Waals surface area contributed by atoms with Crippen LogP contribution < -0.4 is 14.8 Å². The van der Waals surface area contributed by atoms with Crippen LogP contribution in [0.2, 0.25) is 5.02 Å². The molecule has 0 spiro atoms. The molecule has 1 N–H and O–H groups in total. The molecular weight excluding hydrogens is 426 g/mol. The molecule has 0 amide bonds. The Labute approximate surface area is 173 Å². The van der Waals surface area contributed by atoms with Gasteiger partial charge in [0.2, 0.25) is 0 Å².